The van der Waals surface area contributed by atoms with Crippen LogP contribution in [-0.2, 0) is 30.4 Å². The molecule has 5 amide bonds. The summed E-state index contributed by atoms with van der Waals surface area (Å²) in [5, 5.41) is 17.8. The van der Waals surface area contributed by atoms with Gasteiger partial charge < -0.3 is 36.6 Å². The van der Waals surface area contributed by atoms with Crippen LogP contribution in [0.5, 0.6) is 0 Å². The fourth-order valence-electron chi connectivity index (χ4n) is 4.84. The number of nitrogens with one attached hydrogen (secondary N) is 3. The molecule has 2 fully saturated rings. The Morgan fingerprint density at radius 3 is 2.24 bits per heavy atom. The van der Waals surface area contributed by atoms with E-state index in [0.717, 1.165) is 10.5 Å². The Balaban J connectivity index is 2.01. The fourth-order valence-corrected chi connectivity index (χ4v) is 4.84. The molecule has 2 saturated heterocycles. The standard InChI is InChI=1S/C26H38N6O6/c1-15(2)9-18-23(35)29-19(10-16-7-5-4-6-8-16)26(38)32-12-17(27)11-21(32)24(36)30-20(14-33)25(37)31(3)13-22(34)28-18/h4-8,15,17-21,33H,9-14,27H2,1-3H3,(H,28,34)(H,29,35)(H,30,36)/t17-,18-,19-,20-,21-/m0/s1. The Hall–Kier alpha value is -3.51. The van der Waals surface area contributed by atoms with Crippen molar-refractivity contribution in [3.05, 3.63) is 35.9 Å². The predicted molar refractivity (Wildman–Crippen MR) is 138 cm³/mol. The number of amides is 5. The number of nitrogens with two attached hydrogens (primary N) is 1. The molecule has 3 rings (SSSR count). The van der Waals surface area contributed by atoms with Gasteiger partial charge in [-0.15, -0.1) is 0 Å². The minimum Gasteiger partial charge on any atom is -0.394 e. The molecule has 0 saturated carbocycles. The highest BCUT2D eigenvalue weighted by Crippen LogP contribution is 2.20. The fraction of sp³-hybridized carbons (Fsp3) is 0.577. The summed E-state index contributed by atoms with van der Waals surface area (Å²) in [4.78, 5) is 68.5. The van der Waals surface area contributed by atoms with Crippen LogP contribution in [-0.4, -0.2) is 101 Å². The first-order valence-corrected chi connectivity index (χ1v) is 12.9. The van der Waals surface area contributed by atoms with Gasteiger partial charge in [0.25, 0.3) is 0 Å². The van der Waals surface area contributed by atoms with Gasteiger partial charge in [-0.2, -0.15) is 0 Å². The Labute approximate surface area is 222 Å². The molecule has 2 aliphatic heterocycles. The molecule has 5 atom stereocenters. The Morgan fingerprint density at radius 1 is 0.947 bits per heavy atom. The first kappa shape index (κ1) is 29.1. The quantitative estimate of drug-likeness (QED) is 0.296. The highest BCUT2D eigenvalue weighted by Gasteiger charge is 2.42. The molecular formula is C26H38N6O6. The molecule has 12 nitrogen and oxygen atoms in total. The summed E-state index contributed by atoms with van der Waals surface area (Å²) in [5.74, 6) is -2.91. The Morgan fingerprint density at radius 2 is 1.61 bits per heavy atom. The van der Waals surface area contributed by atoms with Gasteiger partial charge >= 0.3 is 0 Å². The zero-order valence-corrected chi connectivity index (χ0v) is 22.1. The summed E-state index contributed by atoms with van der Waals surface area (Å²) in [5.41, 5.74) is 6.93. The molecule has 208 valence electrons. The van der Waals surface area contributed by atoms with E-state index in [1.54, 1.807) is 0 Å². The van der Waals surface area contributed by atoms with Crippen molar-refractivity contribution in [3.63, 3.8) is 0 Å². The van der Waals surface area contributed by atoms with Crippen LogP contribution in [0.4, 0.5) is 0 Å². The smallest absolute Gasteiger partial charge is 0.247 e. The molecule has 0 radical (unpaired) electrons. The van der Waals surface area contributed by atoms with Gasteiger partial charge in [0.15, 0.2) is 0 Å². The molecule has 2 aliphatic rings. The van der Waals surface area contributed by atoms with Crippen LogP contribution in [0.2, 0.25) is 0 Å². The average Bonchev–Trinajstić information content (AvgIpc) is 3.26. The van der Waals surface area contributed by atoms with Gasteiger partial charge in [0.05, 0.1) is 13.2 Å². The third kappa shape index (κ3) is 7.29. The number of nitrogens with zero attached hydrogens (tertiary/aromatic N) is 2. The lowest BCUT2D eigenvalue weighted by Gasteiger charge is -2.30. The van der Waals surface area contributed by atoms with Crippen molar-refractivity contribution < 1.29 is 29.1 Å². The van der Waals surface area contributed by atoms with E-state index in [0.29, 0.717) is 6.42 Å². The van der Waals surface area contributed by atoms with Gasteiger partial charge in [0.1, 0.15) is 24.2 Å². The van der Waals surface area contributed by atoms with Gasteiger partial charge in [-0.05, 0) is 24.3 Å². The number of benzene rings is 1. The summed E-state index contributed by atoms with van der Waals surface area (Å²) in [6.45, 7) is 2.80. The number of likely N-dealkylation sites (N-methyl/N-ethyl adjacent to an activating group) is 1. The number of hydrogen-bond acceptors (Lipinski definition) is 7. The lowest BCUT2D eigenvalue weighted by atomic mass is 10.0. The minimum absolute atomic E-state index is 0.0392. The van der Waals surface area contributed by atoms with Crippen LogP contribution >= 0.6 is 0 Å². The minimum atomic E-state index is -1.31. The molecular weight excluding hydrogens is 492 g/mol. The zero-order chi connectivity index (χ0) is 28.0. The Kier molecular flexibility index (Phi) is 9.81. The molecule has 6 N–H and O–H groups in total. The third-order valence-electron chi connectivity index (χ3n) is 6.73. The third-order valence-corrected chi connectivity index (χ3v) is 6.73. The van der Waals surface area contributed by atoms with E-state index >= 15 is 0 Å². The van der Waals surface area contributed by atoms with Crippen molar-refractivity contribution in [1.29, 1.82) is 0 Å². The zero-order valence-electron chi connectivity index (χ0n) is 22.1. The molecule has 1 aromatic rings. The highest BCUT2D eigenvalue weighted by atomic mass is 16.3. The summed E-state index contributed by atoms with van der Waals surface area (Å²) in [7, 11) is 1.36. The number of aliphatic hydroxyl groups is 1. The van der Waals surface area contributed by atoms with Gasteiger partial charge in [0.2, 0.25) is 29.5 Å². The largest absolute Gasteiger partial charge is 0.394 e. The lowest BCUT2D eigenvalue weighted by Crippen LogP contribution is -2.58. The second-order valence-corrected chi connectivity index (χ2v) is 10.4. The first-order chi connectivity index (χ1) is 18.0. The maximum absolute atomic E-state index is 13.8. The normalized spacial score (nSPS) is 27.8. The number of carbonyl (C=O) groups excluding carboxylic acids is 5. The topological polar surface area (TPSA) is 174 Å². The molecule has 0 spiro atoms. The molecule has 0 aliphatic carbocycles. The van der Waals surface area contributed by atoms with E-state index in [1.807, 2.05) is 44.2 Å². The summed E-state index contributed by atoms with van der Waals surface area (Å²) >= 11 is 0. The molecule has 0 unspecified atom stereocenters. The number of hydrogen-bond donors (Lipinski definition) is 5. The molecule has 12 heteroatoms. The number of carbonyl (C=O) groups is 5. The van der Waals surface area contributed by atoms with Gasteiger partial charge in [-0.25, -0.2) is 0 Å². The van der Waals surface area contributed by atoms with Crippen LogP contribution in [0, 0.1) is 5.92 Å². The van der Waals surface area contributed by atoms with E-state index in [9.17, 15) is 29.1 Å². The van der Waals surface area contributed by atoms with E-state index in [-0.39, 0.29) is 31.8 Å². The summed E-state index contributed by atoms with van der Waals surface area (Å²) < 4.78 is 0. The van der Waals surface area contributed by atoms with Crippen LogP contribution in [0.15, 0.2) is 30.3 Å². The van der Waals surface area contributed by atoms with Crippen molar-refractivity contribution in [2.24, 2.45) is 11.7 Å². The second-order valence-electron chi connectivity index (χ2n) is 10.4. The van der Waals surface area contributed by atoms with Crippen molar-refractivity contribution in [2.75, 3.05) is 26.7 Å². The highest BCUT2D eigenvalue weighted by molar-refractivity contribution is 5.97. The lowest BCUT2D eigenvalue weighted by molar-refractivity contribution is -0.143. The van der Waals surface area contributed by atoms with E-state index in [2.05, 4.69) is 16.0 Å². The predicted octanol–water partition coefficient (Wildman–Crippen LogP) is -1.88. The SMILES string of the molecule is CC(C)C[C@@H]1NC(=O)CN(C)C(=O)[C@H](CO)NC(=O)[C@@H]2C[C@H](N)CN2C(=O)[C@H](Cc2ccccc2)NC1=O. The van der Waals surface area contributed by atoms with Gasteiger partial charge in [0, 0.05) is 26.1 Å². The molecule has 0 aromatic heterocycles. The second kappa shape index (κ2) is 12.8. The maximum Gasteiger partial charge on any atom is 0.247 e. The summed E-state index contributed by atoms with van der Waals surface area (Å²) in [6.07, 6.45) is 0.619. The first-order valence-electron chi connectivity index (χ1n) is 12.9. The number of rotatable bonds is 5. The molecule has 1 aromatic carbocycles. The summed E-state index contributed by atoms with van der Waals surface area (Å²) in [6, 6.07) is 4.37. The maximum atomic E-state index is 13.8. The van der Waals surface area contributed by atoms with Crippen LogP contribution in [0.25, 0.3) is 0 Å². The monoisotopic (exact) mass is 530 g/mol. The van der Waals surface area contributed by atoms with Crippen LogP contribution in [0.1, 0.15) is 32.3 Å². The van der Waals surface area contributed by atoms with Crippen molar-refractivity contribution >= 4 is 29.5 Å². The van der Waals surface area contributed by atoms with E-state index in [1.165, 1.54) is 11.9 Å². The number of fused-ring (bicyclic) bond motifs is 1. The van der Waals surface area contributed by atoms with Gasteiger partial charge in [-0.3, -0.25) is 24.0 Å². The number of aliphatic hydroxyl groups excluding tert-OH is 1. The molecule has 0 bridgehead atoms. The van der Waals surface area contributed by atoms with Gasteiger partial charge in [-0.1, -0.05) is 44.2 Å². The van der Waals surface area contributed by atoms with Crippen molar-refractivity contribution in [3.8, 4) is 0 Å². The van der Waals surface area contributed by atoms with E-state index in [4.69, 9.17) is 5.73 Å². The average molecular weight is 531 g/mol. The molecule has 2 heterocycles. The van der Waals surface area contributed by atoms with Crippen LogP contribution in [0.3, 0.4) is 0 Å². The van der Waals surface area contributed by atoms with Crippen LogP contribution < -0.4 is 21.7 Å². The van der Waals surface area contributed by atoms with E-state index < -0.39 is 66.4 Å². The molecule has 38 heavy (non-hydrogen) atoms. The van der Waals surface area contributed by atoms with Crippen molar-refractivity contribution in [2.45, 2.75) is 63.3 Å². The van der Waals surface area contributed by atoms with Crippen molar-refractivity contribution in [1.82, 2.24) is 25.8 Å². The Bertz CT molecular complexity index is 1030.